The fraction of sp³-hybridized carbons (Fsp3) is 0.520. The molecule has 0 saturated heterocycles. The normalized spacial score (nSPS) is 16.9. The van der Waals surface area contributed by atoms with Crippen LogP contribution in [0.15, 0.2) is 22.2 Å². The Morgan fingerprint density at radius 1 is 1.16 bits per heavy atom. The molecule has 1 amide bonds. The second-order valence-corrected chi connectivity index (χ2v) is 11.5. The van der Waals surface area contributed by atoms with Gasteiger partial charge >= 0.3 is 5.97 Å². The molecule has 5 N–H and O–H groups in total. The number of rotatable bonds is 12. The first-order valence-electron chi connectivity index (χ1n) is 12.4. The maximum absolute atomic E-state index is 13.2. The van der Waals surface area contributed by atoms with Crippen LogP contribution in [0, 0.1) is 40.5 Å². The fourth-order valence-corrected chi connectivity index (χ4v) is 6.22. The Hall–Kier alpha value is -3.45. The summed E-state index contributed by atoms with van der Waals surface area (Å²) in [6.07, 6.45) is 2.13. The van der Waals surface area contributed by atoms with Crippen molar-refractivity contribution >= 4 is 33.6 Å². The maximum Gasteiger partial charge on any atom is 0.345 e. The first-order valence-corrected chi connectivity index (χ1v) is 13.9. The summed E-state index contributed by atoms with van der Waals surface area (Å²) in [6, 6.07) is 3.39. The summed E-state index contributed by atoms with van der Waals surface area (Å²) < 4.78 is 28.6. The number of nitrogens with zero attached hydrogens (tertiary/aromatic N) is 2. The number of hydrogen-bond donors (Lipinski definition) is 5. The van der Waals surface area contributed by atoms with Gasteiger partial charge in [-0.25, -0.2) is 18.2 Å². The number of carbonyl (C=O) groups is 2. The van der Waals surface area contributed by atoms with Crippen LogP contribution in [-0.2, 0) is 24.4 Å². The largest absolute Gasteiger partial charge is 0.478 e. The summed E-state index contributed by atoms with van der Waals surface area (Å²) >= 11 is 0. The fourth-order valence-electron chi connectivity index (χ4n) is 4.48. The Labute approximate surface area is 222 Å². The first kappa shape index (κ1) is 29.1. The van der Waals surface area contributed by atoms with Gasteiger partial charge in [0.2, 0.25) is 21.6 Å². The number of unbranched alkanes of at least 4 members (excludes halogenated alkanes) is 1. The highest BCUT2D eigenvalue weighted by atomic mass is 32.2. The van der Waals surface area contributed by atoms with Crippen molar-refractivity contribution in [1.29, 1.82) is 0 Å². The van der Waals surface area contributed by atoms with Crippen molar-refractivity contribution in [2.45, 2.75) is 71.4 Å². The molecule has 13 heteroatoms. The summed E-state index contributed by atoms with van der Waals surface area (Å²) in [7, 11) is -4.30. The van der Waals surface area contributed by atoms with Crippen LogP contribution in [0.4, 0.5) is 5.95 Å². The average molecular weight is 549 g/mol. The van der Waals surface area contributed by atoms with Crippen molar-refractivity contribution in [3.8, 4) is 0 Å². The number of aliphatic carboxylic acids is 1. The van der Waals surface area contributed by atoms with Crippen molar-refractivity contribution in [1.82, 2.24) is 20.0 Å². The number of aryl methyl sites for hydroxylation is 5. The van der Waals surface area contributed by atoms with Gasteiger partial charge in [-0.15, -0.1) is 0 Å². The summed E-state index contributed by atoms with van der Waals surface area (Å²) in [5, 5.41) is 19.2. The Morgan fingerprint density at radius 3 is 2.39 bits per heavy atom. The summed E-state index contributed by atoms with van der Waals surface area (Å²) in [4.78, 5) is 37.8. The molecule has 2 atom stereocenters. The van der Waals surface area contributed by atoms with E-state index in [-0.39, 0.29) is 23.1 Å². The van der Waals surface area contributed by atoms with Crippen LogP contribution in [0.2, 0.25) is 0 Å². The second kappa shape index (κ2) is 11.5. The van der Waals surface area contributed by atoms with Crippen LogP contribution in [-0.4, -0.2) is 59.9 Å². The number of H-pyrrole nitrogens is 1. The lowest BCUT2D eigenvalue weighted by atomic mass is 9.97. The summed E-state index contributed by atoms with van der Waals surface area (Å²) in [5.74, 6) is -2.02. The third-order valence-electron chi connectivity index (χ3n) is 6.46. The molecule has 2 unspecified atom stereocenters. The van der Waals surface area contributed by atoms with E-state index < -0.39 is 27.6 Å². The number of hydrogen-bond acceptors (Lipinski definition) is 8. The van der Waals surface area contributed by atoms with Crippen molar-refractivity contribution in [3.05, 3.63) is 40.2 Å². The zero-order valence-electron chi connectivity index (χ0n) is 22.6. The number of anilines is 1. The molecule has 0 aliphatic carbocycles. The van der Waals surface area contributed by atoms with Crippen LogP contribution in [0.3, 0.4) is 0 Å². The number of sulfonamides is 1. The Morgan fingerprint density at radius 2 is 1.82 bits per heavy atom. The molecule has 1 aromatic carbocycles. The molecule has 2 heterocycles. The van der Waals surface area contributed by atoms with E-state index in [0.717, 1.165) is 36.7 Å². The number of imidazole rings is 1. The lowest BCUT2D eigenvalue weighted by Crippen LogP contribution is -2.64. The molecule has 1 aliphatic rings. The molecular formula is C25H36N6O6S. The van der Waals surface area contributed by atoms with Crippen LogP contribution in [0.5, 0.6) is 0 Å². The Balaban J connectivity index is 1.62. The molecule has 1 aromatic heterocycles. The average Bonchev–Trinajstić information content (AvgIpc) is 3.38. The van der Waals surface area contributed by atoms with Gasteiger partial charge in [0.05, 0.1) is 10.6 Å². The quantitative estimate of drug-likeness (QED) is 0.198. The topological polar surface area (TPSA) is 175 Å². The van der Waals surface area contributed by atoms with E-state index in [1.165, 1.54) is 0 Å². The molecule has 0 saturated carbocycles. The van der Waals surface area contributed by atoms with E-state index in [1.54, 1.807) is 26.0 Å². The standard InChI is InChI=1S/C25H36N6O6S/c1-14-11-15(2)21(16(3)12-14)38(35,36)31-25(6,23(33)34)29-22(32)20-19(13-37-30-20)9-7-8-10-26-24-27-17(4)18(5)28-24/h11-12,19,31H,7-10,13H2,1-6H3,(H,29,32)(H,33,34)(H2,26,27,28). The molecule has 12 nitrogen and oxygen atoms in total. The third kappa shape index (κ3) is 6.70. The molecule has 3 rings (SSSR count). The van der Waals surface area contributed by atoms with Gasteiger partial charge in [-0.1, -0.05) is 29.3 Å². The van der Waals surface area contributed by atoms with E-state index in [1.807, 2.05) is 20.8 Å². The molecule has 0 spiro atoms. The predicted octanol–water partition coefficient (Wildman–Crippen LogP) is 2.43. The van der Waals surface area contributed by atoms with Gasteiger partial charge in [-0.05, 0) is 65.5 Å². The van der Waals surface area contributed by atoms with E-state index in [0.29, 0.717) is 30.0 Å². The molecule has 208 valence electrons. The van der Waals surface area contributed by atoms with Crippen LogP contribution >= 0.6 is 0 Å². The van der Waals surface area contributed by atoms with Crippen molar-refractivity contribution in [2.24, 2.45) is 11.1 Å². The van der Waals surface area contributed by atoms with Crippen molar-refractivity contribution in [3.63, 3.8) is 0 Å². The lowest BCUT2D eigenvalue weighted by Gasteiger charge is -2.28. The van der Waals surface area contributed by atoms with Gasteiger partial charge < -0.3 is 25.6 Å². The molecule has 0 radical (unpaired) electrons. The number of benzene rings is 1. The summed E-state index contributed by atoms with van der Waals surface area (Å²) in [5.41, 5.74) is 1.46. The number of carbonyl (C=O) groups excluding carboxylic acids is 1. The highest BCUT2D eigenvalue weighted by molar-refractivity contribution is 7.89. The molecule has 0 bridgehead atoms. The SMILES string of the molecule is Cc1cc(C)c(S(=O)(=O)NC(C)(NC(=O)C2=NOCC2CCCCNc2nc(C)c(C)[nH]2)C(=O)O)c(C)c1. The number of carboxylic acids is 1. The number of carboxylic acid groups (broad SMARTS) is 1. The molecule has 2 aromatic rings. The Kier molecular flexibility index (Phi) is 8.82. The molecule has 38 heavy (non-hydrogen) atoms. The number of amides is 1. The third-order valence-corrected chi connectivity index (χ3v) is 8.32. The lowest BCUT2D eigenvalue weighted by molar-refractivity contribution is -0.146. The van der Waals surface area contributed by atoms with Gasteiger partial charge in [0.15, 0.2) is 5.71 Å². The second-order valence-electron chi connectivity index (χ2n) is 9.91. The van der Waals surface area contributed by atoms with Gasteiger partial charge in [-0.2, -0.15) is 4.72 Å². The van der Waals surface area contributed by atoms with Crippen molar-refractivity contribution in [2.75, 3.05) is 18.5 Å². The van der Waals surface area contributed by atoms with Gasteiger partial charge in [0.1, 0.15) is 6.61 Å². The minimum absolute atomic E-state index is 0.0299. The molecular weight excluding hydrogens is 512 g/mol. The zero-order valence-corrected chi connectivity index (χ0v) is 23.4. The minimum atomic E-state index is -4.30. The van der Waals surface area contributed by atoms with E-state index >= 15 is 0 Å². The number of nitrogens with one attached hydrogen (secondary N) is 4. The summed E-state index contributed by atoms with van der Waals surface area (Å²) in [6.45, 7) is 10.9. The number of aromatic amines is 1. The highest BCUT2D eigenvalue weighted by Gasteiger charge is 2.42. The van der Waals surface area contributed by atoms with Gasteiger partial charge in [0.25, 0.3) is 5.91 Å². The zero-order chi connectivity index (χ0) is 28.3. The molecule has 0 fully saturated rings. The number of aromatic nitrogens is 2. The highest BCUT2D eigenvalue weighted by Crippen LogP contribution is 2.24. The van der Waals surface area contributed by atoms with E-state index in [9.17, 15) is 23.1 Å². The van der Waals surface area contributed by atoms with Crippen molar-refractivity contribution < 1.29 is 28.0 Å². The monoisotopic (exact) mass is 548 g/mol. The van der Waals surface area contributed by atoms with Crippen LogP contribution in [0.1, 0.15) is 54.3 Å². The minimum Gasteiger partial charge on any atom is -0.478 e. The maximum atomic E-state index is 13.2. The smallest absolute Gasteiger partial charge is 0.345 e. The Bertz CT molecular complexity index is 1310. The molecule has 1 aliphatic heterocycles. The van der Waals surface area contributed by atoms with Crippen LogP contribution in [0.25, 0.3) is 0 Å². The van der Waals surface area contributed by atoms with Gasteiger partial charge in [-0.3, -0.25) is 4.79 Å². The number of oxime groups is 1. The first-order chi connectivity index (χ1) is 17.7. The predicted molar refractivity (Wildman–Crippen MR) is 142 cm³/mol. The van der Waals surface area contributed by atoms with E-state index in [2.05, 4.69) is 30.5 Å². The van der Waals surface area contributed by atoms with Gasteiger partial charge in [0, 0.05) is 18.2 Å². The van der Waals surface area contributed by atoms with Crippen LogP contribution < -0.4 is 15.4 Å². The van der Waals surface area contributed by atoms with E-state index in [4.69, 9.17) is 4.84 Å².